The first-order valence-corrected chi connectivity index (χ1v) is 9.61. The zero-order valence-electron chi connectivity index (χ0n) is 15.7. The molecule has 25 heavy (non-hydrogen) atoms. The average molecular weight is 342 g/mol. The van der Waals surface area contributed by atoms with Gasteiger partial charge in [-0.2, -0.15) is 0 Å². The summed E-state index contributed by atoms with van der Waals surface area (Å²) >= 11 is 0. The van der Waals surface area contributed by atoms with Gasteiger partial charge in [0.15, 0.2) is 11.5 Å². The van der Waals surface area contributed by atoms with Crippen LogP contribution in [0.2, 0.25) is 0 Å². The van der Waals surface area contributed by atoms with E-state index in [0.717, 1.165) is 41.9 Å². The Hall–Kier alpha value is -1.69. The number of hydrogen-bond acceptors (Lipinski definition) is 5. The van der Waals surface area contributed by atoms with Gasteiger partial charge in [0.2, 0.25) is 0 Å². The first kappa shape index (κ1) is 16.8. The van der Waals surface area contributed by atoms with Crippen LogP contribution in [0, 0.1) is 17.3 Å². The van der Waals surface area contributed by atoms with Gasteiger partial charge in [-0.3, -0.25) is 0 Å². The van der Waals surface area contributed by atoms with Gasteiger partial charge in [-0.1, -0.05) is 20.8 Å². The summed E-state index contributed by atoms with van der Waals surface area (Å²) in [5.41, 5.74) is 2.14. The van der Waals surface area contributed by atoms with Crippen LogP contribution in [0.25, 0.3) is 11.2 Å². The van der Waals surface area contributed by atoms with E-state index in [1.807, 2.05) is 0 Å². The van der Waals surface area contributed by atoms with E-state index in [0.29, 0.717) is 5.41 Å². The van der Waals surface area contributed by atoms with Crippen LogP contribution in [-0.2, 0) is 0 Å². The standard InChI is InChI=1S/C19H30N6/c1-19(2,3)11-24-7-4-15(10-24)14-5-8-25(9-6-14)18-16-17(21-12-20-16)22-13-23-18/h12-15H,4-11H2,1-3H3,(H,20,21,22,23)/t15-/m1/s1. The third-order valence-corrected chi connectivity index (χ3v) is 5.72. The van der Waals surface area contributed by atoms with Crippen molar-refractivity contribution in [2.75, 3.05) is 37.6 Å². The van der Waals surface area contributed by atoms with Gasteiger partial charge in [-0.25, -0.2) is 15.0 Å². The van der Waals surface area contributed by atoms with Gasteiger partial charge in [0, 0.05) is 26.2 Å². The number of hydrogen-bond donors (Lipinski definition) is 1. The summed E-state index contributed by atoms with van der Waals surface area (Å²) in [5, 5.41) is 0. The fourth-order valence-electron chi connectivity index (χ4n) is 4.64. The number of aromatic nitrogens is 4. The van der Waals surface area contributed by atoms with Crippen molar-refractivity contribution in [1.82, 2.24) is 24.8 Å². The van der Waals surface area contributed by atoms with Gasteiger partial charge in [0.1, 0.15) is 11.8 Å². The van der Waals surface area contributed by atoms with Gasteiger partial charge in [-0.15, -0.1) is 0 Å². The van der Waals surface area contributed by atoms with Crippen molar-refractivity contribution in [3.05, 3.63) is 12.7 Å². The lowest BCUT2D eigenvalue weighted by molar-refractivity contribution is 0.203. The number of nitrogens with zero attached hydrogens (tertiary/aromatic N) is 5. The summed E-state index contributed by atoms with van der Waals surface area (Å²) in [6.45, 7) is 13.0. The molecule has 2 aliphatic heterocycles. The minimum atomic E-state index is 0.403. The number of H-pyrrole nitrogens is 1. The lowest BCUT2D eigenvalue weighted by atomic mass is 9.83. The number of fused-ring (bicyclic) bond motifs is 1. The maximum absolute atomic E-state index is 4.51. The Morgan fingerprint density at radius 2 is 1.80 bits per heavy atom. The molecule has 4 rings (SSSR count). The normalized spacial score (nSPS) is 23.6. The molecule has 0 radical (unpaired) electrons. The molecule has 2 saturated heterocycles. The number of likely N-dealkylation sites (tertiary alicyclic amines) is 1. The predicted molar refractivity (Wildman–Crippen MR) is 101 cm³/mol. The van der Waals surface area contributed by atoms with E-state index >= 15 is 0 Å². The zero-order valence-corrected chi connectivity index (χ0v) is 15.7. The molecule has 0 bridgehead atoms. The highest BCUT2D eigenvalue weighted by atomic mass is 15.2. The van der Waals surface area contributed by atoms with E-state index in [1.165, 1.54) is 38.9 Å². The van der Waals surface area contributed by atoms with Crippen molar-refractivity contribution < 1.29 is 0 Å². The second-order valence-electron chi connectivity index (χ2n) is 8.97. The fraction of sp³-hybridized carbons (Fsp3) is 0.737. The molecular weight excluding hydrogens is 312 g/mol. The van der Waals surface area contributed by atoms with Crippen molar-refractivity contribution in [2.45, 2.75) is 40.0 Å². The fourth-order valence-corrected chi connectivity index (χ4v) is 4.64. The van der Waals surface area contributed by atoms with Crippen LogP contribution in [0.5, 0.6) is 0 Å². The molecule has 0 aromatic carbocycles. The van der Waals surface area contributed by atoms with Crippen LogP contribution >= 0.6 is 0 Å². The predicted octanol–water partition coefficient (Wildman–Crippen LogP) is 2.94. The number of anilines is 1. The lowest BCUT2D eigenvalue weighted by Crippen LogP contribution is -2.38. The maximum Gasteiger partial charge on any atom is 0.182 e. The first-order valence-electron chi connectivity index (χ1n) is 9.61. The highest BCUT2D eigenvalue weighted by Gasteiger charge is 2.33. The minimum absolute atomic E-state index is 0.403. The summed E-state index contributed by atoms with van der Waals surface area (Å²) in [7, 11) is 0. The summed E-state index contributed by atoms with van der Waals surface area (Å²) in [6.07, 6.45) is 7.25. The smallest absolute Gasteiger partial charge is 0.182 e. The quantitative estimate of drug-likeness (QED) is 0.929. The number of rotatable bonds is 3. The molecule has 0 saturated carbocycles. The number of aromatic amines is 1. The summed E-state index contributed by atoms with van der Waals surface area (Å²) in [5.74, 6) is 2.75. The maximum atomic E-state index is 4.51. The van der Waals surface area contributed by atoms with Crippen molar-refractivity contribution in [3.63, 3.8) is 0 Å². The molecule has 1 N–H and O–H groups in total. The van der Waals surface area contributed by atoms with Gasteiger partial charge in [0.05, 0.1) is 6.33 Å². The zero-order chi connectivity index (χ0) is 17.4. The van der Waals surface area contributed by atoms with Gasteiger partial charge < -0.3 is 14.8 Å². The van der Waals surface area contributed by atoms with E-state index < -0.39 is 0 Å². The van der Waals surface area contributed by atoms with E-state index in [4.69, 9.17) is 0 Å². The monoisotopic (exact) mass is 342 g/mol. The van der Waals surface area contributed by atoms with Crippen LogP contribution in [0.1, 0.15) is 40.0 Å². The molecule has 0 aliphatic carbocycles. The van der Waals surface area contributed by atoms with Crippen molar-refractivity contribution >= 4 is 17.0 Å². The summed E-state index contributed by atoms with van der Waals surface area (Å²) in [4.78, 5) is 21.3. The Labute approximate surface area is 150 Å². The highest BCUT2D eigenvalue weighted by Crippen LogP contribution is 2.34. The lowest BCUT2D eigenvalue weighted by Gasteiger charge is -2.35. The van der Waals surface area contributed by atoms with Crippen LogP contribution in [-0.4, -0.2) is 57.6 Å². The summed E-state index contributed by atoms with van der Waals surface area (Å²) in [6, 6.07) is 0. The number of piperidine rings is 1. The Kier molecular flexibility index (Phi) is 4.40. The Bertz CT molecular complexity index is 710. The Morgan fingerprint density at radius 3 is 2.56 bits per heavy atom. The Morgan fingerprint density at radius 1 is 1.04 bits per heavy atom. The molecule has 2 fully saturated rings. The molecule has 6 nitrogen and oxygen atoms in total. The molecule has 136 valence electrons. The van der Waals surface area contributed by atoms with Gasteiger partial charge in [-0.05, 0) is 43.1 Å². The molecule has 0 amide bonds. The topological polar surface area (TPSA) is 60.9 Å². The second kappa shape index (κ2) is 6.56. The van der Waals surface area contributed by atoms with Crippen LogP contribution < -0.4 is 4.90 Å². The van der Waals surface area contributed by atoms with E-state index in [1.54, 1.807) is 12.7 Å². The minimum Gasteiger partial charge on any atom is -0.355 e. The highest BCUT2D eigenvalue weighted by molar-refractivity contribution is 5.82. The molecule has 6 heteroatoms. The number of nitrogens with one attached hydrogen (secondary N) is 1. The second-order valence-corrected chi connectivity index (χ2v) is 8.97. The largest absolute Gasteiger partial charge is 0.355 e. The van der Waals surface area contributed by atoms with E-state index in [9.17, 15) is 0 Å². The van der Waals surface area contributed by atoms with Crippen LogP contribution in [0.15, 0.2) is 12.7 Å². The van der Waals surface area contributed by atoms with Crippen LogP contribution in [0.4, 0.5) is 5.82 Å². The molecule has 2 aromatic heterocycles. The summed E-state index contributed by atoms with van der Waals surface area (Å²) < 4.78 is 0. The molecule has 2 aliphatic rings. The van der Waals surface area contributed by atoms with Crippen molar-refractivity contribution in [2.24, 2.45) is 17.3 Å². The van der Waals surface area contributed by atoms with Crippen molar-refractivity contribution in [3.8, 4) is 0 Å². The van der Waals surface area contributed by atoms with Gasteiger partial charge >= 0.3 is 0 Å². The average Bonchev–Trinajstić information content (AvgIpc) is 3.22. The third kappa shape index (κ3) is 3.64. The molecule has 2 aromatic rings. The Balaban J connectivity index is 1.35. The molecular formula is C19H30N6. The van der Waals surface area contributed by atoms with E-state index in [2.05, 4.69) is 50.5 Å². The third-order valence-electron chi connectivity index (χ3n) is 5.72. The molecule has 0 spiro atoms. The van der Waals surface area contributed by atoms with Gasteiger partial charge in [0.25, 0.3) is 0 Å². The first-order chi connectivity index (χ1) is 12.0. The number of imidazole rings is 1. The van der Waals surface area contributed by atoms with E-state index in [-0.39, 0.29) is 0 Å². The molecule has 1 atom stereocenters. The SMILES string of the molecule is CC(C)(C)CN1CC[C@@H](C2CCN(c3ncnc4nc[nH]c34)CC2)C1. The van der Waals surface area contributed by atoms with Crippen molar-refractivity contribution in [1.29, 1.82) is 0 Å². The van der Waals surface area contributed by atoms with Crippen LogP contribution in [0.3, 0.4) is 0 Å². The molecule has 0 unspecified atom stereocenters. The molecule has 4 heterocycles.